The van der Waals surface area contributed by atoms with Gasteiger partial charge in [-0.2, -0.15) is 0 Å². The normalized spacial score (nSPS) is 38.5. The third-order valence-electron chi connectivity index (χ3n) is 10.9. The van der Waals surface area contributed by atoms with Crippen LogP contribution in [0.25, 0.3) is 0 Å². The predicted molar refractivity (Wildman–Crippen MR) is 161 cm³/mol. The highest BCUT2D eigenvalue weighted by Crippen LogP contribution is 2.60. The minimum atomic E-state index is -1.32. The first kappa shape index (κ1) is 30.1. The molecule has 5 rings (SSSR count). The zero-order valence-electron chi connectivity index (χ0n) is 25.3. The van der Waals surface area contributed by atoms with Gasteiger partial charge in [-0.3, -0.25) is 4.79 Å². The van der Waals surface area contributed by atoms with Gasteiger partial charge in [0, 0.05) is 25.4 Å². The van der Waals surface area contributed by atoms with Crippen LogP contribution in [0.2, 0.25) is 0 Å². The Bertz CT molecular complexity index is 1200. The van der Waals surface area contributed by atoms with Crippen LogP contribution in [0.15, 0.2) is 59.7 Å². The second-order valence-electron chi connectivity index (χ2n) is 13.8. The average Bonchev–Trinajstić information content (AvgIpc) is 3.39. The van der Waals surface area contributed by atoms with Crippen molar-refractivity contribution in [3.05, 3.63) is 65.3 Å². The highest BCUT2D eigenvalue weighted by Gasteiger charge is 2.53. The van der Waals surface area contributed by atoms with Crippen LogP contribution >= 0.6 is 0 Å². The molecular formula is C35H49NO5. The van der Waals surface area contributed by atoms with Gasteiger partial charge in [-0.05, 0) is 104 Å². The van der Waals surface area contributed by atoms with Gasteiger partial charge in [0.15, 0.2) is 0 Å². The van der Waals surface area contributed by atoms with Crippen LogP contribution < -0.4 is 4.74 Å². The van der Waals surface area contributed by atoms with E-state index in [0.29, 0.717) is 43.6 Å². The maximum absolute atomic E-state index is 13.3. The number of carbonyl (C=O) groups excluding carboxylic acids is 1. The highest BCUT2D eigenvalue weighted by molar-refractivity contribution is 5.87. The molecule has 1 heterocycles. The quantitative estimate of drug-likeness (QED) is 0.395. The number of methoxy groups -OCH3 is 1. The number of nitrogens with zero attached hydrogens (tertiary/aromatic N) is 1. The van der Waals surface area contributed by atoms with Crippen molar-refractivity contribution in [2.75, 3.05) is 7.11 Å². The molecule has 6 heteroatoms. The van der Waals surface area contributed by atoms with E-state index in [1.807, 2.05) is 29.2 Å². The summed E-state index contributed by atoms with van der Waals surface area (Å²) in [5, 5.41) is 31.4. The second-order valence-corrected chi connectivity index (χ2v) is 13.8. The van der Waals surface area contributed by atoms with Gasteiger partial charge in [0.1, 0.15) is 11.4 Å². The zero-order valence-corrected chi connectivity index (χ0v) is 25.3. The van der Waals surface area contributed by atoms with Crippen molar-refractivity contribution < 1.29 is 24.9 Å². The van der Waals surface area contributed by atoms with Crippen molar-refractivity contribution in [2.45, 2.75) is 109 Å². The number of allylic oxidation sites excluding steroid dienone is 3. The van der Waals surface area contributed by atoms with Crippen LogP contribution in [-0.4, -0.2) is 57.1 Å². The fourth-order valence-corrected chi connectivity index (χ4v) is 8.74. The molecule has 0 spiro atoms. The molecule has 1 amide bonds. The first-order chi connectivity index (χ1) is 19.4. The molecule has 0 bridgehead atoms. The Morgan fingerprint density at radius 1 is 1.17 bits per heavy atom. The number of benzene rings is 1. The lowest BCUT2D eigenvalue weighted by Gasteiger charge is -2.45. The molecule has 1 aromatic rings. The Kier molecular flexibility index (Phi) is 8.58. The topological polar surface area (TPSA) is 90.2 Å². The Labute approximate surface area is 245 Å². The average molecular weight is 564 g/mol. The van der Waals surface area contributed by atoms with Crippen molar-refractivity contribution >= 4 is 5.91 Å². The third-order valence-corrected chi connectivity index (χ3v) is 10.9. The summed E-state index contributed by atoms with van der Waals surface area (Å²) < 4.78 is 5.29. The van der Waals surface area contributed by atoms with Gasteiger partial charge in [0.2, 0.25) is 0 Å². The van der Waals surface area contributed by atoms with E-state index < -0.39 is 17.8 Å². The first-order valence-electron chi connectivity index (χ1n) is 15.5. The maximum Gasteiger partial charge on any atom is 0.254 e. The summed E-state index contributed by atoms with van der Waals surface area (Å²) in [7, 11) is 1.65. The molecule has 41 heavy (non-hydrogen) atoms. The van der Waals surface area contributed by atoms with Crippen molar-refractivity contribution in [1.82, 2.24) is 4.90 Å². The number of ether oxygens (including phenoxy) is 1. The van der Waals surface area contributed by atoms with Gasteiger partial charge in [-0.25, -0.2) is 0 Å². The molecule has 1 aliphatic heterocycles. The molecule has 3 aliphatic carbocycles. The van der Waals surface area contributed by atoms with Crippen LogP contribution in [0.3, 0.4) is 0 Å². The molecule has 0 aromatic heterocycles. The number of likely N-dealkylation sites (tertiary alicyclic amines) is 1. The van der Waals surface area contributed by atoms with E-state index in [2.05, 4.69) is 32.6 Å². The van der Waals surface area contributed by atoms with Gasteiger partial charge in [-0.15, -0.1) is 0 Å². The Balaban J connectivity index is 1.30. The molecular weight excluding hydrogens is 514 g/mol. The van der Waals surface area contributed by atoms with Crippen LogP contribution in [0, 0.1) is 23.2 Å². The van der Waals surface area contributed by atoms with Crippen molar-refractivity contribution in [1.29, 1.82) is 0 Å². The molecule has 224 valence electrons. The maximum atomic E-state index is 13.3. The van der Waals surface area contributed by atoms with E-state index in [4.69, 9.17) is 4.74 Å². The van der Waals surface area contributed by atoms with Crippen molar-refractivity contribution in [3.63, 3.8) is 0 Å². The number of hydrogen-bond donors (Lipinski definition) is 3. The van der Waals surface area contributed by atoms with E-state index in [9.17, 15) is 20.1 Å². The lowest BCUT2D eigenvalue weighted by atomic mass is 9.60. The number of rotatable bonds is 7. The molecule has 4 aliphatic rings. The number of fused-ring (bicyclic) bond motifs is 1. The number of aliphatic hydroxyl groups excluding tert-OH is 2. The molecule has 1 aromatic carbocycles. The number of carbonyl (C=O) groups is 1. The van der Waals surface area contributed by atoms with E-state index in [0.717, 1.165) is 41.7 Å². The van der Waals surface area contributed by atoms with Gasteiger partial charge < -0.3 is 25.0 Å². The molecule has 3 N–H and O–H groups in total. The van der Waals surface area contributed by atoms with Gasteiger partial charge in [-0.1, -0.05) is 50.3 Å². The lowest BCUT2D eigenvalue weighted by Crippen LogP contribution is -2.40. The SMILES string of the molecule is C=C1/C(=C\C=C2/CCC[C@@]3(C)C2CC[C@@H]3[C@H](C)C[C@H]2C[C@@](C)(O)C(=O)N2Cc2ccc(OC)cc2)C[C@@H](O)C[C@@H]1O. The summed E-state index contributed by atoms with van der Waals surface area (Å²) in [5.41, 5.74) is 3.12. The monoisotopic (exact) mass is 563 g/mol. The standard InChI is InChI=1S/C35H49NO5/c1-22(17-27-20-35(4,40)33(39)36(27)21-24-8-12-29(41-5)13-9-24)30-14-15-31-25(7-6-16-34(30,31)3)10-11-26-18-28(37)19-32(38)23(26)2/h8-13,22,27-28,30-32,37-38,40H,2,6-7,14-21H2,1,3-5H3/b25-10+,26-11-/t22-,27+,28-,30-,31?,32+,34-,35-/m1/s1. The van der Waals surface area contributed by atoms with E-state index in [-0.39, 0.29) is 17.4 Å². The summed E-state index contributed by atoms with van der Waals surface area (Å²) >= 11 is 0. The summed E-state index contributed by atoms with van der Waals surface area (Å²) in [6, 6.07) is 7.85. The molecule has 4 fully saturated rings. The fourth-order valence-electron chi connectivity index (χ4n) is 8.74. The molecule has 8 atom stereocenters. The third kappa shape index (κ3) is 5.93. The van der Waals surface area contributed by atoms with E-state index in [1.54, 1.807) is 14.0 Å². The summed E-state index contributed by atoms with van der Waals surface area (Å²) in [5.74, 6) is 2.13. The number of aliphatic hydroxyl groups is 3. The molecule has 3 saturated carbocycles. The van der Waals surface area contributed by atoms with Crippen molar-refractivity contribution in [2.24, 2.45) is 23.2 Å². The largest absolute Gasteiger partial charge is 0.497 e. The van der Waals surface area contributed by atoms with Gasteiger partial charge in [0.25, 0.3) is 5.91 Å². The smallest absolute Gasteiger partial charge is 0.254 e. The lowest BCUT2D eigenvalue weighted by molar-refractivity contribution is -0.142. The molecule has 0 radical (unpaired) electrons. The minimum absolute atomic E-state index is 0.00996. The first-order valence-corrected chi connectivity index (χ1v) is 15.5. The Hall–Kier alpha value is -2.41. The number of hydrogen-bond acceptors (Lipinski definition) is 5. The fraction of sp³-hybridized carbons (Fsp3) is 0.629. The van der Waals surface area contributed by atoms with Crippen LogP contribution in [-0.2, 0) is 11.3 Å². The Morgan fingerprint density at radius 2 is 1.90 bits per heavy atom. The van der Waals surface area contributed by atoms with Crippen LogP contribution in [0.5, 0.6) is 5.75 Å². The molecule has 1 saturated heterocycles. The van der Waals surface area contributed by atoms with Gasteiger partial charge >= 0.3 is 0 Å². The summed E-state index contributed by atoms with van der Waals surface area (Å²) in [6.45, 7) is 11.1. The highest BCUT2D eigenvalue weighted by atomic mass is 16.5. The zero-order chi connectivity index (χ0) is 29.5. The van der Waals surface area contributed by atoms with E-state index >= 15 is 0 Å². The predicted octanol–water partition coefficient (Wildman–Crippen LogP) is 5.71. The molecule has 1 unspecified atom stereocenters. The second kappa shape index (κ2) is 11.7. The number of amides is 1. The summed E-state index contributed by atoms with van der Waals surface area (Å²) in [4.78, 5) is 15.2. The molecule has 6 nitrogen and oxygen atoms in total. The van der Waals surface area contributed by atoms with Crippen LogP contribution in [0.4, 0.5) is 0 Å². The van der Waals surface area contributed by atoms with Crippen LogP contribution in [0.1, 0.15) is 84.1 Å². The Morgan fingerprint density at radius 3 is 2.61 bits per heavy atom. The summed E-state index contributed by atoms with van der Waals surface area (Å²) in [6.07, 6.45) is 11.3. The van der Waals surface area contributed by atoms with Gasteiger partial charge in [0.05, 0.1) is 19.3 Å². The van der Waals surface area contributed by atoms with E-state index in [1.165, 1.54) is 24.8 Å². The van der Waals surface area contributed by atoms with Crippen molar-refractivity contribution in [3.8, 4) is 5.75 Å². The minimum Gasteiger partial charge on any atom is -0.497 e.